The normalized spacial score (nSPS) is 16.1. The molecule has 1 N–H and O–H groups in total. The number of nitrogens with one attached hydrogen (secondary N) is 1. The molecule has 4 heteroatoms. The molecular formula is C17H24N2O2. The molecule has 0 saturated carbocycles. The molecule has 2 amide bonds. The molecule has 2 rings (SSSR count). The van der Waals surface area contributed by atoms with E-state index in [0.29, 0.717) is 19.0 Å². The molecule has 0 aliphatic carbocycles. The molecule has 1 aliphatic rings. The Morgan fingerprint density at radius 2 is 1.71 bits per heavy atom. The summed E-state index contributed by atoms with van der Waals surface area (Å²) in [6.45, 7) is 7.23. The fourth-order valence-corrected chi connectivity index (χ4v) is 2.71. The van der Waals surface area contributed by atoms with Crippen LogP contribution in [0.3, 0.4) is 0 Å². The smallest absolute Gasteiger partial charge is 0.253 e. The van der Waals surface area contributed by atoms with Crippen molar-refractivity contribution in [2.45, 2.75) is 45.6 Å². The average Bonchev–Trinajstić information content (AvgIpc) is 2.47. The highest BCUT2D eigenvalue weighted by atomic mass is 16.2. The first kappa shape index (κ1) is 15.5. The quantitative estimate of drug-likeness (QED) is 0.929. The maximum atomic E-state index is 12.4. The SMILES string of the molecule is CC(=O)NC1CCN(C(=O)c2ccc(C(C)C)cc2)CC1. The molecule has 21 heavy (non-hydrogen) atoms. The second-order valence-electron chi connectivity index (χ2n) is 6.04. The number of likely N-dealkylation sites (tertiary alicyclic amines) is 1. The van der Waals surface area contributed by atoms with Crippen molar-refractivity contribution < 1.29 is 9.59 Å². The summed E-state index contributed by atoms with van der Waals surface area (Å²) in [5.74, 6) is 0.568. The van der Waals surface area contributed by atoms with E-state index in [0.717, 1.165) is 18.4 Å². The van der Waals surface area contributed by atoms with E-state index in [1.165, 1.54) is 12.5 Å². The minimum Gasteiger partial charge on any atom is -0.353 e. The van der Waals surface area contributed by atoms with Gasteiger partial charge in [-0.2, -0.15) is 0 Å². The second-order valence-corrected chi connectivity index (χ2v) is 6.04. The number of benzene rings is 1. The fraction of sp³-hybridized carbons (Fsp3) is 0.529. The monoisotopic (exact) mass is 288 g/mol. The molecule has 0 aromatic heterocycles. The first-order valence-corrected chi connectivity index (χ1v) is 7.63. The summed E-state index contributed by atoms with van der Waals surface area (Å²) in [5, 5.41) is 2.92. The third-order valence-electron chi connectivity index (χ3n) is 4.01. The third kappa shape index (κ3) is 4.06. The maximum Gasteiger partial charge on any atom is 0.253 e. The van der Waals surface area contributed by atoms with Crippen molar-refractivity contribution in [2.24, 2.45) is 0 Å². The van der Waals surface area contributed by atoms with Crippen molar-refractivity contribution in [1.29, 1.82) is 0 Å². The van der Waals surface area contributed by atoms with Crippen molar-refractivity contribution in [3.05, 3.63) is 35.4 Å². The Hall–Kier alpha value is -1.84. The molecule has 114 valence electrons. The lowest BCUT2D eigenvalue weighted by Gasteiger charge is -2.32. The summed E-state index contributed by atoms with van der Waals surface area (Å²) in [4.78, 5) is 25.4. The Kier molecular flexibility index (Phi) is 4.99. The molecule has 1 heterocycles. The van der Waals surface area contributed by atoms with Crippen LogP contribution in [0.2, 0.25) is 0 Å². The topological polar surface area (TPSA) is 49.4 Å². The van der Waals surface area contributed by atoms with Gasteiger partial charge >= 0.3 is 0 Å². The lowest BCUT2D eigenvalue weighted by Crippen LogP contribution is -2.46. The Morgan fingerprint density at radius 3 is 2.19 bits per heavy atom. The van der Waals surface area contributed by atoms with Crippen molar-refractivity contribution >= 4 is 11.8 Å². The summed E-state index contributed by atoms with van der Waals surface area (Å²) in [7, 11) is 0. The van der Waals surface area contributed by atoms with Gasteiger partial charge in [0, 0.05) is 31.6 Å². The fourth-order valence-electron chi connectivity index (χ4n) is 2.71. The molecule has 1 saturated heterocycles. The molecular weight excluding hydrogens is 264 g/mol. The Bertz CT molecular complexity index is 500. The minimum atomic E-state index is 0.00375. The predicted molar refractivity (Wildman–Crippen MR) is 83.3 cm³/mol. The van der Waals surface area contributed by atoms with Gasteiger partial charge in [0.15, 0.2) is 0 Å². The molecule has 0 spiro atoms. The van der Waals surface area contributed by atoms with Crippen LogP contribution in [0.1, 0.15) is 55.5 Å². The molecule has 0 atom stereocenters. The summed E-state index contributed by atoms with van der Waals surface area (Å²) in [5.41, 5.74) is 1.99. The van der Waals surface area contributed by atoms with Gasteiger partial charge in [0.1, 0.15) is 0 Å². The number of carbonyl (C=O) groups is 2. The van der Waals surface area contributed by atoms with Gasteiger partial charge in [-0.3, -0.25) is 9.59 Å². The highest BCUT2D eigenvalue weighted by Gasteiger charge is 2.23. The van der Waals surface area contributed by atoms with Crippen LogP contribution < -0.4 is 5.32 Å². The number of hydrogen-bond acceptors (Lipinski definition) is 2. The molecule has 1 fully saturated rings. The van der Waals surface area contributed by atoms with Crippen molar-refractivity contribution in [3.63, 3.8) is 0 Å². The van der Waals surface area contributed by atoms with Crippen molar-refractivity contribution in [1.82, 2.24) is 10.2 Å². The van der Waals surface area contributed by atoms with Crippen LogP contribution in [0.4, 0.5) is 0 Å². The predicted octanol–water partition coefficient (Wildman–Crippen LogP) is 2.55. The molecule has 0 unspecified atom stereocenters. The summed E-state index contributed by atoms with van der Waals surface area (Å²) >= 11 is 0. The van der Waals surface area contributed by atoms with Gasteiger partial charge in [-0.05, 0) is 36.5 Å². The van der Waals surface area contributed by atoms with Gasteiger partial charge in [0.2, 0.25) is 5.91 Å². The number of carbonyl (C=O) groups excluding carboxylic acids is 2. The number of amides is 2. The Morgan fingerprint density at radius 1 is 1.14 bits per heavy atom. The van der Waals surface area contributed by atoms with Crippen LogP contribution in [-0.4, -0.2) is 35.8 Å². The van der Waals surface area contributed by atoms with E-state index in [9.17, 15) is 9.59 Å². The molecule has 0 radical (unpaired) electrons. The van der Waals surface area contributed by atoms with E-state index < -0.39 is 0 Å². The highest BCUT2D eigenvalue weighted by molar-refractivity contribution is 5.94. The van der Waals surface area contributed by atoms with Crippen LogP contribution in [-0.2, 0) is 4.79 Å². The zero-order valence-electron chi connectivity index (χ0n) is 13.1. The second kappa shape index (κ2) is 6.74. The van der Waals surface area contributed by atoms with Crippen LogP contribution in [0.15, 0.2) is 24.3 Å². The van der Waals surface area contributed by atoms with E-state index in [1.807, 2.05) is 29.2 Å². The number of rotatable bonds is 3. The summed E-state index contributed by atoms with van der Waals surface area (Å²) in [6.07, 6.45) is 1.66. The number of nitrogens with zero attached hydrogens (tertiary/aromatic N) is 1. The molecule has 0 bridgehead atoms. The van der Waals surface area contributed by atoms with E-state index >= 15 is 0 Å². The lowest BCUT2D eigenvalue weighted by atomic mass is 10.0. The van der Waals surface area contributed by atoms with Crippen molar-refractivity contribution in [2.75, 3.05) is 13.1 Å². The van der Waals surface area contributed by atoms with Gasteiger partial charge in [0.25, 0.3) is 5.91 Å². The van der Waals surface area contributed by atoms with E-state index in [2.05, 4.69) is 19.2 Å². The molecule has 1 aromatic rings. The van der Waals surface area contributed by atoms with Crippen LogP contribution in [0.25, 0.3) is 0 Å². The Balaban J connectivity index is 1.94. The van der Waals surface area contributed by atoms with Gasteiger partial charge in [-0.25, -0.2) is 0 Å². The van der Waals surface area contributed by atoms with E-state index in [-0.39, 0.29) is 17.9 Å². The zero-order valence-corrected chi connectivity index (χ0v) is 13.1. The van der Waals surface area contributed by atoms with E-state index in [4.69, 9.17) is 0 Å². The molecule has 4 nitrogen and oxygen atoms in total. The lowest BCUT2D eigenvalue weighted by molar-refractivity contribution is -0.119. The first-order chi connectivity index (χ1) is 9.97. The zero-order chi connectivity index (χ0) is 15.4. The highest BCUT2D eigenvalue weighted by Crippen LogP contribution is 2.18. The Labute approximate surface area is 126 Å². The van der Waals surface area contributed by atoms with Gasteiger partial charge in [-0.15, -0.1) is 0 Å². The number of hydrogen-bond donors (Lipinski definition) is 1. The van der Waals surface area contributed by atoms with Gasteiger partial charge < -0.3 is 10.2 Å². The van der Waals surface area contributed by atoms with Crippen LogP contribution in [0, 0.1) is 0 Å². The maximum absolute atomic E-state index is 12.4. The van der Waals surface area contributed by atoms with Gasteiger partial charge in [-0.1, -0.05) is 26.0 Å². The molecule has 1 aliphatic heterocycles. The largest absolute Gasteiger partial charge is 0.353 e. The third-order valence-corrected chi connectivity index (χ3v) is 4.01. The molecule has 1 aromatic carbocycles. The number of piperidine rings is 1. The van der Waals surface area contributed by atoms with Crippen molar-refractivity contribution in [3.8, 4) is 0 Å². The standard InChI is InChI=1S/C17H24N2O2/c1-12(2)14-4-6-15(7-5-14)17(21)19-10-8-16(9-11-19)18-13(3)20/h4-7,12,16H,8-11H2,1-3H3,(H,18,20). The van der Waals surface area contributed by atoms with Crippen LogP contribution in [0.5, 0.6) is 0 Å². The first-order valence-electron chi connectivity index (χ1n) is 7.63. The minimum absolute atomic E-state index is 0.00375. The van der Waals surface area contributed by atoms with E-state index in [1.54, 1.807) is 0 Å². The summed E-state index contributed by atoms with van der Waals surface area (Å²) in [6, 6.07) is 8.09. The average molecular weight is 288 g/mol. The van der Waals surface area contributed by atoms with Crippen LogP contribution >= 0.6 is 0 Å². The summed E-state index contributed by atoms with van der Waals surface area (Å²) < 4.78 is 0. The van der Waals surface area contributed by atoms with Gasteiger partial charge in [0.05, 0.1) is 0 Å².